The predicted molar refractivity (Wildman–Crippen MR) is 91.2 cm³/mol. The van der Waals surface area contributed by atoms with Gasteiger partial charge >= 0.3 is 0 Å². The number of rotatable bonds is 5. The molecule has 6 nitrogen and oxygen atoms in total. The maximum Gasteiger partial charge on any atom is 0.239 e. The lowest BCUT2D eigenvalue weighted by Crippen LogP contribution is -2.50. The molecule has 0 spiro atoms. The molecular weight excluding hydrogens is 323 g/mol. The number of halogens is 1. The maximum absolute atomic E-state index is 13.1. The second-order valence-electron chi connectivity index (χ2n) is 6.47. The van der Waals surface area contributed by atoms with Gasteiger partial charge in [0, 0.05) is 38.3 Å². The SMILES string of the molecule is Cc1noc(C)c1CN1CCN(C(C(N)=O)c2ccc(F)cc2)CC1. The van der Waals surface area contributed by atoms with Crippen LogP contribution in [0.2, 0.25) is 0 Å². The fourth-order valence-corrected chi connectivity index (χ4v) is 3.33. The van der Waals surface area contributed by atoms with Crippen molar-refractivity contribution >= 4 is 5.91 Å². The Hall–Kier alpha value is -2.25. The molecule has 134 valence electrons. The van der Waals surface area contributed by atoms with Crippen LogP contribution in [-0.2, 0) is 11.3 Å². The lowest BCUT2D eigenvalue weighted by molar-refractivity contribution is -0.124. The van der Waals surface area contributed by atoms with Crippen molar-refractivity contribution in [1.82, 2.24) is 15.0 Å². The first-order valence-electron chi connectivity index (χ1n) is 8.38. The third kappa shape index (κ3) is 3.88. The summed E-state index contributed by atoms with van der Waals surface area (Å²) in [5, 5.41) is 3.99. The predicted octanol–water partition coefficient (Wildman–Crippen LogP) is 1.77. The van der Waals surface area contributed by atoms with Crippen LogP contribution < -0.4 is 5.73 Å². The minimum absolute atomic E-state index is 0.323. The van der Waals surface area contributed by atoms with Gasteiger partial charge in [0.25, 0.3) is 0 Å². The molecule has 2 aromatic rings. The van der Waals surface area contributed by atoms with Crippen molar-refractivity contribution < 1.29 is 13.7 Å². The van der Waals surface area contributed by atoms with E-state index in [4.69, 9.17) is 10.3 Å². The Morgan fingerprint density at radius 2 is 1.88 bits per heavy atom. The number of aryl methyl sites for hydroxylation is 2. The summed E-state index contributed by atoms with van der Waals surface area (Å²) in [7, 11) is 0. The van der Waals surface area contributed by atoms with Gasteiger partial charge in [0.05, 0.1) is 5.69 Å². The molecule has 2 N–H and O–H groups in total. The molecule has 1 aromatic heterocycles. The first-order valence-corrected chi connectivity index (χ1v) is 8.38. The smallest absolute Gasteiger partial charge is 0.239 e. The molecule has 1 unspecified atom stereocenters. The van der Waals surface area contributed by atoms with Crippen LogP contribution in [0, 0.1) is 19.7 Å². The van der Waals surface area contributed by atoms with Crippen LogP contribution in [0.4, 0.5) is 4.39 Å². The maximum atomic E-state index is 13.1. The molecule has 2 heterocycles. The number of nitrogens with zero attached hydrogens (tertiary/aromatic N) is 3. The first kappa shape index (κ1) is 17.6. The van der Waals surface area contributed by atoms with Gasteiger partial charge in [-0.3, -0.25) is 14.6 Å². The molecule has 1 fully saturated rings. The Morgan fingerprint density at radius 3 is 2.40 bits per heavy atom. The van der Waals surface area contributed by atoms with Gasteiger partial charge in [0.2, 0.25) is 5.91 Å². The molecule has 0 saturated carbocycles. The average Bonchev–Trinajstić information content (AvgIpc) is 2.90. The molecule has 0 bridgehead atoms. The van der Waals surface area contributed by atoms with E-state index in [-0.39, 0.29) is 5.82 Å². The molecule has 1 aliphatic heterocycles. The zero-order chi connectivity index (χ0) is 18.0. The topological polar surface area (TPSA) is 75.6 Å². The largest absolute Gasteiger partial charge is 0.368 e. The van der Waals surface area contributed by atoms with Gasteiger partial charge in [0.15, 0.2) is 0 Å². The van der Waals surface area contributed by atoms with Gasteiger partial charge in [-0.15, -0.1) is 0 Å². The van der Waals surface area contributed by atoms with Crippen molar-refractivity contribution in [3.05, 3.63) is 52.7 Å². The number of carbonyl (C=O) groups excluding carboxylic acids is 1. The molecule has 1 aromatic carbocycles. The van der Waals surface area contributed by atoms with E-state index in [0.717, 1.165) is 42.2 Å². The fourth-order valence-electron chi connectivity index (χ4n) is 3.33. The molecule has 3 rings (SSSR count). The minimum atomic E-state index is -0.526. The van der Waals surface area contributed by atoms with Crippen LogP contribution in [0.15, 0.2) is 28.8 Å². The van der Waals surface area contributed by atoms with Gasteiger partial charge in [-0.05, 0) is 31.5 Å². The van der Waals surface area contributed by atoms with Gasteiger partial charge in [-0.25, -0.2) is 4.39 Å². The molecule has 1 saturated heterocycles. The summed E-state index contributed by atoms with van der Waals surface area (Å²) >= 11 is 0. The number of benzene rings is 1. The molecule has 7 heteroatoms. The Labute approximate surface area is 146 Å². The third-order valence-corrected chi connectivity index (χ3v) is 4.79. The zero-order valence-electron chi connectivity index (χ0n) is 14.5. The highest BCUT2D eigenvalue weighted by molar-refractivity contribution is 5.81. The van der Waals surface area contributed by atoms with Crippen molar-refractivity contribution in [3.63, 3.8) is 0 Å². The molecular formula is C18H23FN4O2. The van der Waals surface area contributed by atoms with Crippen LogP contribution in [0.5, 0.6) is 0 Å². The van der Waals surface area contributed by atoms with Gasteiger partial charge in [0.1, 0.15) is 17.6 Å². The summed E-state index contributed by atoms with van der Waals surface area (Å²) in [6.07, 6.45) is 0. The number of hydrogen-bond acceptors (Lipinski definition) is 5. The molecule has 1 amide bonds. The van der Waals surface area contributed by atoms with Gasteiger partial charge in [-0.2, -0.15) is 0 Å². The van der Waals surface area contributed by atoms with Crippen molar-refractivity contribution in [2.45, 2.75) is 26.4 Å². The quantitative estimate of drug-likeness (QED) is 0.893. The summed E-state index contributed by atoms with van der Waals surface area (Å²) in [5.41, 5.74) is 8.38. The van der Waals surface area contributed by atoms with E-state index in [1.165, 1.54) is 12.1 Å². The highest BCUT2D eigenvalue weighted by Crippen LogP contribution is 2.23. The summed E-state index contributed by atoms with van der Waals surface area (Å²) < 4.78 is 18.4. The number of aromatic nitrogens is 1. The summed E-state index contributed by atoms with van der Waals surface area (Å²) in [6.45, 7) is 7.71. The van der Waals surface area contributed by atoms with Crippen LogP contribution in [0.3, 0.4) is 0 Å². The standard InChI is InChI=1S/C18H23FN4O2/c1-12-16(13(2)25-21-12)11-22-7-9-23(10-8-22)17(18(20)24)14-3-5-15(19)6-4-14/h3-6,17H,7-11H2,1-2H3,(H2,20,24). The number of primary amides is 1. The van der Waals surface area contributed by atoms with Crippen LogP contribution in [-0.4, -0.2) is 47.0 Å². The second-order valence-corrected chi connectivity index (χ2v) is 6.47. The molecule has 25 heavy (non-hydrogen) atoms. The van der Waals surface area contributed by atoms with Crippen molar-refractivity contribution in [2.24, 2.45) is 5.73 Å². The number of nitrogens with two attached hydrogens (primary N) is 1. The van der Waals surface area contributed by atoms with Gasteiger partial charge < -0.3 is 10.3 Å². The van der Waals surface area contributed by atoms with Gasteiger partial charge in [-0.1, -0.05) is 17.3 Å². The van der Waals surface area contributed by atoms with E-state index in [1.807, 2.05) is 13.8 Å². The van der Waals surface area contributed by atoms with E-state index < -0.39 is 11.9 Å². The molecule has 1 aliphatic rings. The molecule has 1 atom stereocenters. The summed E-state index contributed by atoms with van der Waals surface area (Å²) in [6, 6.07) is 5.45. The number of hydrogen-bond donors (Lipinski definition) is 1. The Morgan fingerprint density at radius 1 is 1.24 bits per heavy atom. The minimum Gasteiger partial charge on any atom is -0.368 e. The Bertz CT molecular complexity index is 717. The van der Waals surface area contributed by atoms with E-state index in [0.29, 0.717) is 13.1 Å². The Kier molecular flexibility index (Phi) is 5.15. The zero-order valence-corrected chi connectivity index (χ0v) is 14.5. The number of carbonyl (C=O) groups is 1. The Balaban J connectivity index is 1.65. The van der Waals surface area contributed by atoms with Crippen LogP contribution >= 0.6 is 0 Å². The van der Waals surface area contributed by atoms with Crippen LogP contribution in [0.25, 0.3) is 0 Å². The van der Waals surface area contributed by atoms with Crippen molar-refractivity contribution in [1.29, 1.82) is 0 Å². The second kappa shape index (κ2) is 7.33. The average molecular weight is 346 g/mol. The van der Waals surface area contributed by atoms with E-state index >= 15 is 0 Å². The summed E-state index contributed by atoms with van der Waals surface area (Å²) in [4.78, 5) is 16.3. The van der Waals surface area contributed by atoms with E-state index in [9.17, 15) is 9.18 Å². The summed E-state index contributed by atoms with van der Waals surface area (Å²) in [5.74, 6) is 0.114. The van der Waals surface area contributed by atoms with E-state index in [1.54, 1.807) is 12.1 Å². The van der Waals surface area contributed by atoms with Crippen molar-refractivity contribution in [2.75, 3.05) is 26.2 Å². The number of piperazine rings is 1. The lowest BCUT2D eigenvalue weighted by Gasteiger charge is -2.38. The number of amides is 1. The van der Waals surface area contributed by atoms with E-state index in [2.05, 4.69) is 15.0 Å². The van der Waals surface area contributed by atoms with Crippen LogP contribution in [0.1, 0.15) is 28.6 Å². The first-order chi connectivity index (χ1) is 12.0. The monoisotopic (exact) mass is 346 g/mol. The molecule has 0 aliphatic carbocycles. The van der Waals surface area contributed by atoms with Crippen molar-refractivity contribution in [3.8, 4) is 0 Å². The lowest BCUT2D eigenvalue weighted by atomic mass is 10.0. The highest BCUT2D eigenvalue weighted by Gasteiger charge is 2.29. The fraction of sp³-hybridized carbons (Fsp3) is 0.444. The highest BCUT2D eigenvalue weighted by atomic mass is 19.1. The normalized spacial score (nSPS) is 17.6. The molecule has 0 radical (unpaired) electrons. The third-order valence-electron chi connectivity index (χ3n) is 4.79.